The van der Waals surface area contributed by atoms with Crippen molar-refractivity contribution in [1.82, 2.24) is 16.0 Å². The van der Waals surface area contributed by atoms with Crippen molar-refractivity contribution in [2.24, 2.45) is 11.8 Å². The molecule has 0 aliphatic carbocycles. The average Bonchev–Trinajstić information content (AvgIpc) is 3.05. The Morgan fingerprint density at radius 1 is 1.33 bits per heavy atom. The number of benzene rings is 1. The largest absolute Gasteiger partial charge is 0.354 e. The van der Waals surface area contributed by atoms with Crippen LogP contribution < -0.4 is 16.0 Å². The number of rotatable bonds is 7. The molecule has 0 aromatic heterocycles. The van der Waals surface area contributed by atoms with Crippen LogP contribution in [0.15, 0.2) is 24.3 Å². The monoisotopic (exact) mass is 335 g/mol. The molecule has 1 saturated heterocycles. The predicted octanol–water partition coefficient (Wildman–Crippen LogP) is 1.70. The number of halogens is 1. The number of hydrogen-bond acceptors (Lipinski definition) is 3. The van der Waals surface area contributed by atoms with E-state index >= 15 is 0 Å². The summed E-state index contributed by atoms with van der Waals surface area (Å²) in [5.41, 5.74) is -0.0482. The average molecular weight is 335 g/mol. The van der Waals surface area contributed by atoms with E-state index < -0.39 is 17.8 Å². The van der Waals surface area contributed by atoms with Crippen LogP contribution in [0, 0.1) is 17.7 Å². The lowest BCUT2D eigenvalue weighted by molar-refractivity contribution is -0.123. The zero-order chi connectivity index (χ0) is 17.5. The highest BCUT2D eigenvalue weighted by atomic mass is 19.1. The van der Waals surface area contributed by atoms with Gasteiger partial charge in [0, 0.05) is 6.54 Å². The Kier molecular flexibility index (Phi) is 6.73. The summed E-state index contributed by atoms with van der Waals surface area (Å²) in [5, 5.41) is 8.83. The SMILES string of the molecule is CC(C)C(NC(=O)c1ccccc1F)C(=O)NCCC1CCNC1. The fraction of sp³-hybridized carbons (Fsp3) is 0.556. The molecule has 3 N–H and O–H groups in total. The first-order valence-electron chi connectivity index (χ1n) is 8.53. The minimum atomic E-state index is -0.682. The van der Waals surface area contributed by atoms with Gasteiger partial charge >= 0.3 is 0 Å². The van der Waals surface area contributed by atoms with E-state index in [0.29, 0.717) is 12.5 Å². The molecule has 0 radical (unpaired) electrons. The minimum absolute atomic E-state index is 0.0482. The number of carbonyl (C=O) groups is 2. The van der Waals surface area contributed by atoms with E-state index in [-0.39, 0.29) is 17.4 Å². The highest BCUT2D eigenvalue weighted by Gasteiger charge is 2.25. The Labute approximate surface area is 142 Å². The van der Waals surface area contributed by atoms with Crippen LogP contribution in [-0.2, 0) is 4.79 Å². The van der Waals surface area contributed by atoms with Crippen molar-refractivity contribution in [3.8, 4) is 0 Å². The Hall–Kier alpha value is -1.95. The van der Waals surface area contributed by atoms with Gasteiger partial charge in [-0.25, -0.2) is 4.39 Å². The van der Waals surface area contributed by atoms with E-state index in [4.69, 9.17) is 0 Å². The van der Waals surface area contributed by atoms with E-state index in [9.17, 15) is 14.0 Å². The topological polar surface area (TPSA) is 70.2 Å². The quantitative estimate of drug-likeness (QED) is 0.710. The van der Waals surface area contributed by atoms with Gasteiger partial charge in [0.05, 0.1) is 5.56 Å². The molecule has 6 heteroatoms. The minimum Gasteiger partial charge on any atom is -0.354 e. The molecule has 5 nitrogen and oxygen atoms in total. The van der Waals surface area contributed by atoms with Gasteiger partial charge in [-0.05, 0) is 49.9 Å². The molecule has 1 heterocycles. The number of carbonyl (C=O) groups excluding carboxylic acids is 2. The molecule has 2 atom stereocenters. The third kappa shape index (κ3) is 5.03. The summed E-state index contributed by atoms with van der Waals surface area (Å²) in [7, 11) is 0. The highest BCUT2D eigenvalue weighted by Crippen LogP contribution is 2.12. The summed E-state index contributed by atoms with van der Waals surface area (Å²) in [6.07, 6.45) is 2.05. The van der Waals surface area contributed by atoms with E-state index in [1.807, 2.05) is 13.8 Å². The maximum atomic E-state index is 13.7. The van der Waals surface area contributed by atoms with Gasteiger partial charge in [-0.3, -0.25) is 9.59 Å². The summed E-state index contributed by atoms with van der Waals surface area (Å²) in [4.78, 5) is 24.6. The van der Waals surface area contributed by atoms with E-state index in [1.165, 1.54) is 18.2 Å². The molecule has 2 rings (SSSR count). The fourth-order valence-corrected chi connectivity index (χ4v) is 2.87. The van der Waals surface area contributed by atoms with Crippen LogP contribution in [0.25, 0.3) is 0 Å². The van der Waals surface area contributed by atoms with Crippen molar-refractivity contribution >= 4 is 11.8 Å². The van der Waals surface area contributed by atoms with Crippen LogP contribution in [0.5, 0.6) is 0 Å². The van der Waals surface area contributed by atoms with Gasteiger partial charge in [-0.1, -0.05) is 26.0 Å². The molecular formula is C18H26FN3O2. The highest BCUT2D eigenvalue weighted by molar-refractivity contribution is 5.97. The van der Waals surface area contributed by atoms with Crippen LogP contribution in [-0.4, -0.2) is 37.5 Å². The number of hydrogen-bond donors (Lipinski definition) is 3. The Balaban J connectivity index is 1.89. The molecule has 2 amide bonds. The molecule has 1 aromatic rings. The van der Waals surface area contributed by atoms with Gasteiger partial charge in [0.2, 0.25) is 5.91 Å². The zero-order valence-electron chi connectivity index (χ0n) is 14.3. The van der Waals surface area contributed by atoms with Gasteiger partial charge in [0.1, 0.15) is 11.9 Å². The van der Waals surface area contributed by atoms with E-state index in [0.717, 1.165) is 25.9 Å². The molecule has 0 bridgehead atoms. The first-order valence-corrected chi connectivity index (χ1v) is 8.53. The molecule has 1 aliphatic heterocycles. The van der Waals surface area contributed by atoms with Crippen LogP contribution in [0.3, 0.4) is 0 Å². The molecule has 0 saturated carbocycles. The Bertz CT molecular complexity index is 571. The normalized spacial score (nSPS) is 18.4. The molecular weight excluding hydrogens is 309 g/mol. The first kappa shape index (κ1) is 18.4. The van der Waals surface area contributed by atoms with Gasteiger partial charge in [0.25, 0.3) is 5.91 Å². The summed E-state index contributed by atoms with van der Waals surface area (Å²) in [6, 6.07) is 5.08. The van der Waals surface area contributed by atoms with Gasteiger partial charge in [-0.15, -0.1) is 0 Å². The van der Waals surface area contributed by atoms with Gasteiger partial charge < -0.3 is 16.0 Å². The maximum Gasteiger partial charge on any atom is 0.254 e. The predicted molar refractivity (Wildman–Crippen MR) is 91.1 cm³/mol. The molecule has 1 fully saturated rings. The lowest BCUT2D eigenvalue weighted by atomic mass is 10.0. The Morgan fingerprint density at radius 2 is 2.08 bits per heavy atom. The van der Waals surface area contributed by atoms with Crippen molar-refractivity contribution in [2.75, 3.05) is 19.6 Å². The maximum absolute atomic E-state index is 13.7. The van der Waals surface area contributed by atoms with Crippen LogP contribution in [0.2, 0.25) is 0 Å². The second-order valence-electron chi connectivity index (χ2n) is 6.61. The molecule has 24 heavy (non-hydrogen) atoms. The second-order valence-corrected chi connectivity index (χ2v) is 6.61. The third-order valence-corrected chi connectivity index (χ3v) is 4.37. The second kappa shape index (κ2) is 8.78. The summed E-state index contributed by atoms with van der Waals surface area (Å²) < 4.78 is 13.7. The lowest BCUT2D eigenvalue weighted by Crippen LogP contribution is -2.50. The van der Waals surface area contributed by atoms with Crippen molar-refractivity contribution < 1.29 is 14.0 Å². The molecule has 0 spiro atoms. The molecule has 1 aromatic carbocycles. The molecule has 1 aliphatic rings. The Morgan fingerprint density at radius 3 is 2.71 bits per heavy atom. The van der Waals surface area contributed by atoms with Crippen LogP contribution in [0.1, 0.15) is 37.0 Å². The summed E-state index contributed by atoms with van der Waals surface area (Å²) in [5.74, 6) is -0.876. The molecule has 2 unspecified atom stereocenters. The standard InChI is InChI=1S/C18H26FN3O2/c1-12(2)16(18(24)21-10-8-13-7-9-20-11-13)22-17(23)14-5-3-4-6-15(14)19/h3-6,12-13,16,20H,7-11H2,1-2H3,(H,21,24)(H,22,23). The van der Waals surface area contributed by atoms with Crippen molar-refractivity contribution in [2.45, 2.75) is 32.7 Å². The third-order valence-electron chi connectivity index (χ3n) is 4.37. The summed E-state index contributed by atoms with van der Waals surface area (Å²) >= 11 is 0. The smallest absolute Gasteiger partial charge is 0.254 e. The van der Waals surface area contributed by atoms with Gasteiger partial charge in [-0.2, -0.15) is 0 Å². The fourth-order valence-electron chi connectivity index (χ4n) is 2.87. The number of amides is 2. The first-order chi connectivity index (χ1) is 11.5. The van der Waals surface area contributed by atoms with Crippen molar-refractivity contribution in [3.63, 3.8) is 0 Å². The van der Waals surface area contributed by atoms with Crippen molar-refractivity contribution in [1.29, 1.82) is 0 Å². The summed E-state index contributed by atoms with van der Waals surface area (Å²) in [6.45, 7) is 6.32. The van der Waals surface area contributed by atoms with Crippen LogP contribution >= 0.6 is 0 Å². The number of nitrogens with one attached hydrogen (secondary N) is 3. The van der Waals surface area contributed by atoms with Crippen molar-refractivity contribution in [3.05, 3.63) is 35.6 Å². The zero-order valence-corrected chi connectivity index (χ0v) is 14.3. The molecule has 132 valence electrons. The van der Waals surface area contributed by atoms with E-state index in [2.05, 4.69) is 16.0 Å². The van der Waals surface area contributed by atoms with Crippen LogP contribution in [0.4, 0.5) is 4.39 Å². The van der Waals surface area contributed by atoms with Gasteiger partial charge in [0.15, 0.2) is 0 Å². The lowest BCUT2D eigenvalue weighted by Gasteiger charge is -2.22. The van der Waals surface area contributed by atoms with E-state index in [1.54, 1.807) is 6.07 Å².